The Morgan fingerprint density at radius 3 is 2.09 bits per heavy atom. The van der Waals surface area contributed by atoms with Crippen LogP contribution in [0.15, 0.2) is 78.9 Å². The zero-order valence-electron chi connectivity index (χ0n) is 19.2. The summed E-state index contributed by atoms with van der Waals surface area (Å²) < 4.78 is 47.6. The van der Waals surface area contributed by atoms with Crippen molar-refractivity contribution >= 4 is 24.8 Å². The molecule has 9 heteroatoms. The maximum absolute atomic E-state index is 12.7. The van der Waals surface area contributed by atoms with E-state index >= 15 is 0 Å². The lowest BCUT2D eigenvalue weighted by molar-refractivity contribution is -0.274. The van der Waals surface area contributed by atoms with Crippen LogP contribution in [0.3, 0.4) is 0 Å². The molecule has 3 aromatic rings. The summed E-state index contributed by atoms with van der Waals surface area (Å²) in [4.78, 5) is 2.25. The van der Waals surface area contributed by atoms with Gasteiger partial charge in [0.05, 0.1) is 7.11 Å². The Balaban J connectivity index is 0.00000216. The SMILES string of the molecule is COc1ccc(OC(F)(F)F)cc1CN1CCNC(C(c2ccccc2)c2ccccc2)C1.Cl.Cl. The zero-order valence-corrected chi connectivity index (χ0v) is 20.8. The highest BCUT2D eigenvalue weighted by Gasteiger charge is 2.32. The Bertz CT molecular complexity index is 1000. The van der Waals surface area contributed by atoms with Crippen LogP contribution in [-0.2, 0) is 6.54 Å². The van der Waals surface area contributed by atoms with Crippen molar-refractivity contribution in [3.8, 4) is 11.5 Å². The van der Waals surface area contributed by atoms with Gasteiger partial charge in [-0.25, -0.2) is 0 Å². The van der Waals surface area contributed by atoms with E-state index in [0.29, 0.717) is 17.9 Å². The minimum absolute atomic E-state index is 0. The fraction of sp³-hybridized carbons (Fsp3) is 0.308. The van der Waals surface area contributed by atoms with Crippen LogP contribution in [0.5, 0.6) is 11.5 Å². The number of hydrogen-bond acceptors (Lipinski definition) is 4. The van der Waals surface area contributed by atoms with Gasteiger partial charge in [0.25, 0.3) is 0 Å². The highest BCUT2D eigenvalue weighted by Crippen LogP contribution is 2.32. The third-order valence-corrected chi connectivity index (χ3v) is 5.89. The molecule has 0 bridgehead atoms. The predicted molar refractivity (Wildman–Crippen MR) is 136 cm³/mol. The van der Waals surface area contributed by atoms with E-state index in [0.717, 1.165) is 19.6 Å². The van der Waals surface area contributed by atoms with E-state index in [2.05, 4.69) is 39.2 Å². The summed E-state index contributed by atoms with van der Waals surface area (Å²) in [5, 5.41) is 3.66. The van der Waals surface area contributed by atoms with Crippen LogP contribution in [-0.4, -0.2) is 44.0 Å². The van der Waals surface area contributed by atoms with Gasteiger partial charge >= 0.3 is 6.36 Å². The van der Waals surface area contributed by atoms with E-state index in [4.69, 9.17) is 4.74 Å². The van der Waals surface area contributed by atoms with E-state index < -0.39 is 6.36 Å². The first kappa shape index (κ1) is 28.8. The van der Waals surface area contributed by atoms with E-state index in [-0.39, 0.29) is 42.5 Å². The second-order valence-corrected chi connectivity index (χ2v) is 8.12. The maximum Gasteiger partial charge on any atom is 0.573 e. The van der Waals surface area contributed by atoms with Gasteiger partial charge in [0.15, 0.2) is 0 Å². The number of nitrogens with zero attached hydrogens (tertiary/aromatic N) is 1. The summed E-state index contributed by atoms with van der Waals surface area (Å²) in [6.07, 6.45) is -4.73. The molecule has 1 saturated heterocycles. The molecule has 0 amide bonds. The van der Waals surface area contributed by atoms with Crippen LogP contribution >= 0.6 is 24.8 Å². The van der Waals surface area contributed by atoms with Gasteiger partial charge in [-0.1, -0.05) is 60.7 Å². The van der Waals surface area contributed by atoms with Crippen molar-refractivity contribution in [2.75, 3.05) is 26.7 Å². The first-order valence-corrected chi connectivity index (χ1v) is 10.9. The molecule has 0 saturated carbocycles. The lowest BCUT2D eigenvalue weighted by atomic mass is 9.84. The standard InChI is InChI=1S/C26H27F3N2O2.2ClH/c1-32-24-13-12-22(33-26(27,28)29)16-21(24)17-31-15-14-30-23(18-31)25(19-8-4-2-5-9-19)20-10-6-3-7-11-20;;/h2-13,16,23,25,30H,14-15,17-18H2,1H3;2*1H. The van der Waals surface area contributed by atoms with Crippen molar-refractivity contribution in [2.24, 2.45) is 0 Å². The molecule has 1 aliphatic rings. The van der Waals surface area contributed by atoms with Crippen LogP contribution in [0.4, 0.5) is 13.2 Å². The van der Waals surface area contributed by atoms with Gasteiger partial charge in [0.2, 0.25) is 0 Å². The fourth-order valence-electron chi connectivity index (χ4n) is 4.50. The van der Waals surface area contributed by atoms with Gasteiger partial charge < -0.3 is 14.8 Å². The number of hydrogen-bond donors (Lipinski definition) is 1. The van der Waals surface area contributed by atoms with Gasteiger partial charge in [-0.05, 0) is 29.3 Å². The number of ether oxygens (including phenoxy) is 2. The summed E-state index contributed by atoms with van der Waals surface area (Å²) in [7, 11) is 1.52. The Morgan fingerprint density at radius 1 is 0.943 bits per heavy atom. The fourth-order valence-corrected chi connectivity index (χ4v) is 4.50. The van der Waals surface area contributed by atoms with Crippen molar-refractivity contribution in [1.29, 1.82) is 0 Å². The van der Waals surface area contributed by atoms with Crippen LogP contribution in [0.1, 0.15) is 22.6 Å². The topological polar surface area (TPSA) is 33.7 Å². The molecule has 0 radical (unpaired) electrons. The summed E-state index contributed by atoms with van der Waals surface area (Å²) in [5.41, 5.74) is 3.11. The molecule has 4 rings (SSSR count). The number of nitrogens with one attached hydrogen (secondary N) is 1. The zero-order chi connectivity index (χ0) is 23.3. The van der Waals surface area contributed by atoms with Gasteiger partial charge in [0, 0.05) is 43.7 Å². The lowest BCUT2D eigenvalue weighted by Crippen LogP contribution is -2.52. The van der Waals surface area contributed by atoms with E-state index in [1.807, 2.05) is 36.4 Å². The van der Waals surface area contributed by atoms with Crippen molar-refractivity contribution in [2.45, 2.75) is 24.9 Å². The average Bonchev–Trinajstić information content (AvgIpc) is 2.80. The van der Waals surface area contributed by atoms with Crippen molar-refractivity contribution < 1.29 is 22.6 Å². The lowest BCUT2D eigenvalue weighted by Gasteiger charge is -2.38. The largest absolute Gasteiger partial charge is 0.573 e. The molecule has 1 fully saturated rings. The second-order valence-electron chi connectivity index (χ2n) is 8.12. The predicted octanol–water partition coefficient (Wildman–Crippen LogP) is 6.04. The normalized spacial score (nSPS) is 16.2. The average molecular weight is 529 g/mol. The minimum Gasteiger partial charge on any atom is -0.496 e. The van der Waals surface area contributed by atoms with E-state index in [9.17, 15) is 13.2 Å². The second kappa shape index (κ2) is 13.0. The van der Waals surface area contributed by atoms with Crippen LogP contribution in [0.2, 0.25) is 0 Å². The first-order valence-electron chi connectivity index (χ1n) is 10.9. The van der Waals surface area contributed by atoms with Gasteiger partial charge in [-0.15, -0.1) is 38.0 Å². The molecule has 1 atom stereocenters. The van der Waals surface area contributed by atoms with Crippen molar-refractivity contribution in [3.63, 3.8) is 0 Å². The van der Waals surface area contributed by atoms with Crippen LogP contribution < -0.4 is 14.8 Å². The first-order chi connectivity index (χ1) is 15.9. The van der Waals surface area contributed by atoms with Gasteiger partial charge in [0.1, 0.15) is 11.5 Å². The highest BCUT2D eigenvalue weighted by atomic mass is 35.5. The molecule has 3 aromatic carbocycles. The van der Waals surface area contributed by atoms with Gasteiger partial charge in [-0.2, -0.15) is 0 Å². The molecule has 1 unspecified atom stereocenters. The van der Waals surface area contributed by atoms with Gasteiger partial charge in [-0.3, -0.25) is 4.90 Å². The summed E-state index contributed by atoms with van der Waals surface area (Å²) >= 11 is 0. The Hall–Kier alpha value is -2.45. The van der Waals surface area contributed by atoms with Crippen molar-refractivity contribution in [3.05, 3.63) is 95.6 Å². The van der Waals surface area contributed by atoms with Crippen molar-refractivity contribution in [1.82, 2.24) is 10.2 Å². The highest BCUT2D eigenvalue weighted by molar-refractivity contribution is 5.85. The number of methoxy groups -OCH3 is 1. The molecule has 0 aliphatic carbocycles. The van der Waals surface area contributed by atoms with Crippen LogP contribution in [0.25, 0.3) is 0 Å². The molecular formula is C26H29Cl2F3N2O2. The number of benzene rings is 3. The molecule has 1 N–H and O–H groups in total. The van der Waals surface area contributed by atoms with E-state index in [1.165, 1.54) is 36.4 Å². The maximum atomic E-state index is 12.7. The molecule has 190 valence electrons. The molecule has 4 nitrogen and oxygen atoms in total. The molecule has 1 aliphatic heterocycles. The Morgan fingerprint density at radius 2 is 1.54 bits per heavy atom. The molecule has 0 spiro atoms. The number of piperazine rings is 1. The summed E-state index contributed by atoms with van der Waals surface area (Å²) in [6.45, 7) is 2.76. The third-order valence-electron chi connectivity index (χ3n) is 5.89. The minimum atomic E-state index is -4.73. The quantitative estimate of drug-likeness (QED) is 0.405. The smallest absolute Gasteiger partial charge is 0.496 e. The number of rotatable bonds is 7. The van der Waals surface area contributed by atoms with Crippen LogP contribution in [0, 0.1) is 0 Å². The monoisotopic (exact) mass is 528 g/mol. The van der Waals surface area contributed by atoms with E-state index in [1.54, 1.807) is 0 Å². The molecule has 0 aromatic heterocycles. The summed E-state index contributed by atoms with van der Waals surface area (Å²) in [5.74, 6) is 0.454. The third kappa shape index (κ3) is 7.77. The number of halogens is 5. The Kier molecular flexibility index (Phi) is 10.7. The number of alkyl halides is 3. The summed E-state index contributed by atoms with van der Waals surface area (Å²) in [6, 6.07) is 25.1. The molecule has 1 heterocycles. The Labute approximate surface area is 216 Å². The molecule has 35 heavy (non-hydrogen) atoms. The molecular weight excluding hydrogens is 500 g/mol.